The zero-order valence-corrected chi connectivity index (χ0v) is 12.0. The number of hydrazine groups is 1. The van der Waals surface area contributed by atoms with Gasteiger partial charge in [0.2, 0.25) is 0 Å². The van der Waals surface area contributed by atoms with Gasteiger partial charge in [0, 0.05) is 5.54 Å². The molecule has 3 N–H and O–H groups in total. The van der Waals surface area contributed by atoms with Crippen LogP contribution in [0.2, 0.25) is 0 Å². The van der Waals surface area contributed by atoms with Gasteiger partial charge in [-0.25, -0.2) is 0 Å². The summed E-state index contributed by atoms with van der Waals surface area (Å²) in [6.45, 7) is 7.13. The van der Waals surface area contributed by atoms with Crippen LogP contribution in [0.5, 0.6) is 0 Å². The molecule has 2 aliphatic rings. The Morgan fingerprint density at radius 1 is 1.17 bits per heavy atom. The Bertz CT molecular complexity index is 290. The lowest BCUT2D eigenvalue weighted by molar-refractivity contribution is 0.0702. The van der Waals surface area contributed by atoms with Gasteiger partial charge in [0.05, 0.1) is 6.04 Å². The van der Waals surface area contributed by atoms with Crippen LogP contribution in [-0.2, 0) is 0 Å². The smallest absolute Gasteiger partial charge is 0.0598 e. The van der Waals surface area contributed by atoms with Crippen LogP contribution >= 0.6 is 0 Å². The topological polar surface area (TPSA) is 41.3 Å². The molecule has 0 radical (unpaired) electrons. The molecule has 0 aromatic rings. The van der Waals surface area contributed by atoms with Crippen molar-refractivity contribution in [3.8, 4) is 0 Å². The summed E-state index contributed by atoms with van der Waals surface area (Å²) in [6, 6.07) is 0.302. The van der Waals surface area contributed by atoms with Crippen molar-refractivity contribution in [2.75, 3.05) is 13.1 Å². The number of allylic oxidation sites excluding steroid dienone is 1. The lowest BCUT2D eigenvalue weighted by Gasteiger charge is -2.47. The van der Waals surface area contributed by atoms with Crippen LogP contribution in [0.4, 0.5) is 0 Å². The van der Waals surface area contributed by atoms with Gasteiger partial charge in [0.15, 0.2) is 0 Å². The van der Waals surface area contributed by atoms with Crippen LogP contribution in [-0.4, -0.2) is 29.6 Å². The predicted molar refractivity (Wildman–Crippen MR) is 77.2 cm³/mol. The summed E-state index contributed by atoms with van der Waals surface area (Å²) < 4.78 is 0. The van der Waals surface area contributed by atoms with E-state index >= 15 is 0 Å². The van der Waals surface area contributed by atoms with Gasteiger partial charge in [-0.1, -0.05) is 18.1 Å². The van der Waals surface area contributed by atoms with Gasteiger partial charge in [-0.05, 0) is 65.5 Å². The van der Waals surface area contributed by atoms with E-state index < -0.39 is 0 Å². The van der Waals surface area contributed by atoms with Crippen molar-refractivity contribution < 1.29 is 0 Å². The summed E-state index contributed by atoms with van der Waals surface area (Å²) in [5.41, 5.74) is 4.75. The van der Waals surface area contributed by atoms with Crippen molar-refractivity contribution in [1.29, 1.82) is 0 Å². The first-order valence-electron chi connectivity index (χ1n) is 7.56. The van der Waals surface area contributed by atoms with E-state index in [0.29, 0.717) is 6.04 Å². The van der Waals surface area contributed by atoms with E-state index in [0.717, 1.165) is 0 Å². The Morgan fingerprint density at radius 3 is 2.44 bits per heavy atom. The molecule has 104 valence electrons. The van der Waals surface area contributed by atoms with E-state index in [9.17, 15) is 0 Å². The van der Waals surface area contributed by atoms with Crippen molar-refractivity contribution in [3.05, 3.63) is 11.6 Å². The molecule has 1 unspecified atom stereocenters. The Labute approximate surface area is 112 Å². The maximum Gasteiger partial charge on any atom is 0.0598 e. The monoisotopic (exact) mass is 251 g/mol. The van der Waals surface area contributed by atoms with Crippen LogP contribution in [0.3, 0.4) is 0 Å². The number of nitrogens with zero attached hydrogens (tertiary/aromatic N) is 1. The number of likely N-dealkylation sites (tertiary alicyclic amines) is 1. The molecule has 1 atom stereocenters. The summed E-state index contributed by atoms with van der Waals surface area (Å²) in [4.78, 5) is 2.62. The standard InChI is InChI=1S/C15H29N3/c1-15(2,18-11-7-4-8-12-18)14(17-16)13-9-5-3-6-10-13/h9,14,17H,3-8,10-12,16H2,1-2H3. The third-order valence-corrected chi connectivity index (χ3v) is 4.74. The second-order valence-corrected chi connectivity index (χ2v) is 6.33. The van der Waals surface area contributed by atoms with Crippen molar-refractivity contribution in [1.82, 2.24) is 10.3 Å². The Balaban J connectivity index is 2.11. The van der Waals surface area contributed by atoms with E-state index in [2.05, 4.69) is 30.2 Å². The molecule has 1 fully saturated rings. The number of nitrogens with two attached hydrogens (primary N) is 1. The van der Waals surface area contributed by atoms with Gasteiger partial charge >= 0.3 is 0 Å². The highest BCUT2D eigenvalue weighted by Crippen LogP contribution is 2.31. The van der Waals surface area contributed by atoms with E-state index in [1.165, 1.54) is 63.6 Å². The van der Waals surface area contributed by atoms with Crippen molar-refractivity contribution in [2.24, 2.45) is 5.84 Å². The average molecular weight is 251 g/mol. The zero-order valence-electron chi connectivity index (χ0n) is 12.0. The number of hydrogen-bond acceptors (Lipinski definition) is 3. The molecule has 3 heteroatoms. The minimum atomic E-state index is 0.123. The maximum absolute atomic E-state index is 5.88. The highest BCUT2D eigenvalue weighted by Gasteiger charge is 2.37. The molecule has 2 rings (SSSR count). The van der Waals surface area contributed by atoms with Gasteiger partial charge in [0.1, 0.15) is 0 Å². The third-order valence-electron chi connectivity index (χ3n) is 4.74. The molecule has 0 bridgehead atoms. The summed E-state index contributed by atoms with van der Waals surface area (Å²) in [5, 5.41) is 0. The zero-order chi connectivity index (χ0) is 13.0. The Hall–Kier alpha value is -0.380. The van der Waals surface area contributed by atoms with Crippen molar-refractivity contribution in [3.63, 3.8) is 0 Å². The van der Waals surface area contributed by atoms with Crippen LogP contribution in [0.25, 0.3) is 0 Å². The fourth-order valence-corrected chi connectivity index (χ4v) is 3.54. The summed E-state index contributed by atoms with van der Waals surface area (Å²) in [5.74, 6) is 5.88. The van der Waals surface area contributed by atoms with Gasteiger partial charge in [0.25, 0.3) is 0 Å². The van der Waals surface area contributed by atoms with E-state index in [4.69, 9.17) is 5.84 Å². The molecule has 1 saturated heterocycles. The molecule has 3 nitrogen and oxygen atoms in total. The molecule has 0 aromatic heterocycles. The van der Waals surface area contributed by atoms with Crippen LogP contribution in [0.1, 0.15) is 58.8 Å². The number of nitrogens with one attached hydrogen (secondary N) is 1. The highest BCUT2D eigenvalue weighted by atomic mass is 15.3. The minimum Gasteiger partial charge on any atom is -0.296 e. The fourth-order valence-electron chi connectivity index (χ4n) is 3.54. The van der Waals surface area contributed by atoms with E-state index in [-0.39, 0.29) is 5.54 Å². The first-order chi connectivity index (χ1) is 8.66. The minimum absolute atomic E-state index is 0.123. The molecule has 1 aliphatic carbocycles. The van der Waals surface area contributed by atoms with Crippen molar-refractivity contribution >= 4 is 0 Å². The van der Waals surface area contributed by atoms with Gasteiger partial charge in [-0.3, -0.25) is 16.2 Å². The third kappa shape index (κ3) is 2.95. The lowest BCUT2D eigenvalue weighted by atomic mass is 9.81. The SMILES string of the molecule is CC(C)(C(NN)C1=CCCCC1)N1CCCCC1. The van der Waals surface area contributed by atoms with Gasteiger partial charge < -0.3 is 0 Å². The number of hydrogen-bond donors (Lipinski definition) is 2. The Kier molecular flexibility index (Phi) is 4.82. The molecule has 0 amide bonds. The fraction of sp³-hybridized carbons (Fsp3) is 0.867. The highest BCUT2D eigenvalue weighted by molar-refractivity contribution is 5.19. The Morgan fingerprint density at radius 2 is 1.89 bits per heavy atom. The predicted octanol–water partition coefficient (Wildman–Crippen LogP) is 2.58. The first-order valence-corrected chi connectivity index (χ1v) is 7.56. The van der Waals surface area contributed by atoms with Gasteiger partial charge in [-0.15, -0.1) is 0 Å². The molecule has 1 heterocycles. The molecular weight excluding hydrogens is 222 g/mol. The van der Waals surface area contributed by atoms with Crippen molar-refractivity contribution in [2.45, 2.75) is 70.4 Å². The normalized spacial score (nSPS) is 24.7. The van der Waals surface area contributed by atoms with Crippen LogP contribution in [0.15, 0.2) is 11.6 Å². The van der Waals surface area contributed by atoms with E-state index in [1.807, 2.05) is 0 Å². The summed E-state index contributed by atoms with van der Waals surface area (Å²) in [6.07, 6.45) is 11.6. The second kappa shape index (κ2) is 6.18. The number of rotatable bonds is 4. The summed E-state index contributed by atoms with van der Waals surface area (Å²) >= 11 is 0. The number of piperidine rings is 1. The molecule has 18 heavy (non-hydrogen) atoms. The molecule has 1 aliphatic heterocycles. The largest absolute Gasteiger partial charge is 0.296 e. The molecule has 0 spiro atoms. The average Bonchev–Trinajstić information content (AvgIpc) is 2.41. The molecule has 0 saturated carbocycles. The van der Waals surface area contributed by atoms with Crippen LogP contribution < -0.4 is 11.3 Å². The summed E-state index contributed by atoms with van der Waals surface area (Å²) in [7, 11) is 0. The second-order valence-electron chi connectivity index (χ2n) is 6.33. The molecule has 0 aromatic carbocycles. The van der Waals surface area contributed by atoms with Gasteiger partial charge in [-0.2, -0.15) is 0 Å². The van der Waals surface area contributed by atoms with Crippen LogP contribution in [0, 0.1) is 0 Å². The first kappa shape index (κ1) is 14.0. The van der Waals surface area contributed by atoms with E-state index in [1.54, 1.807) is 0 Å². The quantitative estimate of drug-likeness (QED) is 0.458. The lowest BCUT2D eigenvalue weighted by Crippen LogP contribution is -2.61. The maximum atomic E-state index is 5.88. The molecular formula is C15H29N3.